The average molecular weight is 354 g/mol. The van der Waals surface area contributed by atoms with Gasteiger partial charge in [0.15, 0.2) is 5.82 Å². The van der Waals surface area contributed by atoms with E-state index in [9.17, 15) is 18.8 Å². The molecule has 1 aromatic rings. The van der Waals surface area contributed by atoms with Gasteiger partial charge in [0.25, 0.3) is 5.91 Å². The zero-order valence-electron chi connectivity index (χ0n) is 12.9. The van der Waals surface area contributed by atoms with Crippen molar-refractivity contribution in [2.24, 2.45) is 0 Å². The number of halogens is 2. The van der Waals surface area contributed by atoms with Crippen LogP contribution in [0.15, 0.2) is 18.2 Å². The Morgan fingerprint density at radius 1 is 1.33 bits per heavy atom. The first-order valence-corrected chi connectivity index (χ1v) is 8.19. The SMILES string of the molecule is O=C(CCN1C(=O)NC2(CCCC2)C1=O)Nc1cccc(Cl)c1F. The number of rotatable bonds is 4. The predicted molar refractivity (Wildman–Crippen MR) is 86.1 cm³/mol. The highest BCUT2D eigenvalue weighted by molar-refractivity contribution is 6.31. The standard InChI is InChI=1S/C16H17ClFN3O3/c17-10-4-3-5-11(13(10)18)19-12(22)6-9-21-14(23)16(20-15(21)24)7-1-2-8-16/h3-5H,1-2,6-9H2,(H,19,22)(H,20,24). The lowest BCUT2D eigenvalue weighted by Gasteiger charge is -2.19. The Hall–Kier alpha value is -2.15. The number of nitrogens with zero attached hydrogens (tertiary/aromatic N) is 1. The van der Waals surface area contributed by atoms with Gasteiger partial charge in [0.1, 0.15) is 5.54 Å². The minimum absolute atomic E-state index is 0.0306. The van der Waals surface area contributed by atoms with E-state index >= 15 is 0 Å². The molecule has 0 unspecified atom stereocenters. The third-order valence-corrected chi connectivity index (χ3v) is 4.78. The van der Waals surface area contributed by atoms with Crippen LogP contribution in [0.5, 0.6) is 0 Å². The summed E-state index contributed by atoms with van der Waals surface area (Å²) in [6, 6.07) is 3.81. The lowest BCUT2D eigenvalue weighted by Crippen LogP contribution is -2.44. The number of hydrogen-bond donors (Lipinski definition) is 2. The second-order valence-corrected chi connectivity index (χ2v) is 6.48. The number of hydrogen-bond acceptors (Lipinski definition) is 3. The van der Waals surface area contributed by atoms with E-state index < -0.39 is 23.3 Å². The minimum atomic E-state index is -0.785. The van der Waals surface area contributed by atoms with E-state index in [0.717, 1.165) is 17.7 Å². The van der Waals surface area contributed by atoms with Gasteiger partial charge in [-0.3, -0.25) is 14.5 Å². The van der Waals surface area contributed by atoms with Gasteiger partial charge in [0.2, 0.25) is 5.91 Å². The van der Waals surface area contributed by atoms with Gasteiger partial charge >= 0.3 is 6.03 Å². The number of carbonyl (C=O) groups is 3. The van der Waals surface area contributed by atoms with Crippen LogP contribution >= 0.6 is 11.6 Å². The monoisotopic (exact) mass is 353 g/mol. The highest BCUT2D eigenvalue weighted by Gasteiger charge is 2.52. The van der Waals surface area contributed by atoms with Gasteiger partial charge in [-0.15, -0.1) is 0 Å². The fraction of sp³-hybridized carbons (Fsp3) is 0.438. The summed E-state index contributed by atoms with van der Waals surface area (Å²) in [5, 5.41) is 5.05. The molecule has 8 heteroatoms. The maximum absolute atomic E-state index is 13.8. The zero-order chi connectivity index (χ0) is 17.3. The summed E-state index contributed by atoms with van der Waals surface area (Å²) in [5.41, 5.74) is -0.816. The first-order chi connectivity index (χ1) is 11.4. The highest BCUT2D eigenvalue weighted by atomic mass is 35.5. The molecule has 0 atom stereocenters. The third kappa shape index (κ3) is 2.96. The molecule has 1 saturated heterocycles. The molecule has 6 nitrogen and oxygen atoms in total. The lowest BCUT2D eigenvalue weighted by molar-refractivity contribution is -0.131. The van der Waals surface area contributed by atoms with Crippen LogP contribution in [-0.4, -0.2) is 34.8 Å². The summed E-state index contributed by atoms with van der Waals surface area (Å²) in [6.45, 7) is -0.0412. The molecule has 2 aliphatic rings. The molecule has 1 spiro atoms. The van der Waals surface area contributed by atoms with Gasteiger partial charge < -0.3 is 10.6 Å². The number of urea groups is 1. The van der Waals surface area contributed by atoms with Crippen molar-refractivity contribution >= 4 is 35.1 Å². The van der Waals surface area contributed by atoms with E-state index in [1.807, 2.05) is 0 Å². The summed E-state index contributed by atoms with van der Waals surface area (Å²) in [5.74, 6) is -1.48. The van der Waals surface area contributed by atoms with Gasteiger partial charge in [-0.2, -0.15) is 0 Å². The zero-order valence-corrected chi connectivity index (χ0v) is 13.7. The second-order valence-electron chi connectivity index (χ2n) is 6.08. The molecule has 0 aromatic heterocycles. The van der Waals surface area contributed by atoms with Crippen LogP contribution in [0.25, 0.3) is 0 Å². The Morgan fingerprint density at radius 3 is 2.75 bits per heavy atom. The Labute approximate surface area is 143 Å². The Balaban J connectivity index is 1.59. The normalized spacial score (nSPS) is 19.0. The van der Waals surface area contributed by atoms with Crippen molar-refractivity contribution in [3.8, 4) is 0 Å². The molecule has 1 aliphatic carbocycles. The minimum Gasteiger partial charge on any atom is -0.323 e. The maximum atomic E-state index is 13.8. The summed E-state index contributed by atoms with van der Waals surface area (Å²) < 4.78 is 13.8. The second kappa shape index (κ2) is 6.39. The van der Waals surface area contributed by atoms with Crippen LogP contribution in [0.4, 0.5) is 14.9 Å². The van der Waals surface area contributed by atoms with Gasteiger partial charge in [-0.25, -0.2) is 9.18 Å². The molecular weight excluding hydrogens is 337 g/mol. The number of nitrogens with one attached hydrogen (secondary N) is 2. The quantitative estimate of drug-likeness (QED) is 0.817. The number of amides is 4. The largest absolute Gasteiger partial charge is 0.325 e. The van der Waals surface area contributed by atoms with E-state index in [0.29, 0.717) is 12.8 Å². The van der Waals surface area contributed by atoms with Gasteiger partial charge in [0, 0.05) is 13.0 Å². The maximum Gasteiger partial charge on any atom is 0.325 e. The Bertz CT molecular complexity index is 704. The van der Waals surface area contributed by atoms with Crippen molar-refractivity contribution in [2.45, 2.75) is 37.6 Å². The smallest absolute Gasteiger partial charge is 0.323 e. The van der Waals surface area contributed by atoms with Crippen molar-refractivity contribution in [3.05, 3.63) is 29.0 Å². The molecule has 4 amide bonds. The topological polar surface area (TPSA) is 78.5 Å². The molecule has 2 N–H and O–H groups in total. The summed E-state index contributed by atoms with van der Waals surface area (Å²) in [6.07, 6.45) is 2.95. The molecule has 2 fully saturated rings. The number of carbonyl (C=O) groups excluding carboxylic acids is 3. The van der Waals surface area contributed by atoms with Crippen LogP contribution in [0.1, 0.15) is 32.1 Å². The fourth-order valence-electron chi connectivity index (χ4n) is 3.22. The first kappa shape index (κ1) is 16.7. The molecule has 128 valence electrons. The molecule has 0 bridgehead atoms. The van der Waals surface area contributed by atoms with Crippen molar-refractivity contribution < 1.29 is 18.8 Å². The van der Waals surface area contributed by atoms with Crippen LogP contribution in [0.3, 0.4) is 0 Å². The van der Waals surface area contributed by atoms with Gasteiger partial charge in [0.05, 0.1) is 10.7 Å². The van der Waals surface area contributed by atoms with Crippen molar-refractivity contribution in [1.29, 1.82) is 0 Å². The van der Waals surface area contributed by atoms with E-state index in [1.165, 1.54) is 18.2 Å². The van der Waals surface area contributed by atoms with Crippen LogP contribution in [-0.2, 0) is 9.59 Å². The lowest BCUT2D eigenvalue weighted by atomic mass is 9.98. The van der Waals surface area contributed by atoms with Gasteiger partial charge in [-0.05, 0) is 25.0 Å². The average Bonchev–Trinajstić information content (AvgIpc) is 3.09. The van der Waals surface area contributed by atoms with E-state index in [1.54, 1.807) is 0 Å². The van der Waals surface area contributed by atoms with E-state index in [4.69, 9.17) is 11.6 Å². The number of anilines is 1. The molecule has 1 aromatic carbocycles. The number of benzene rings is 1. The van der Waals surface area contributed by atoms with Crippen molar-refractivity contribution in [1.82, 2.24) is 10.2 Å². The molecule has 0 radical (unpaired) electrons. The summed E-state index contributed by atoms with van der Waals surface area (Å²) in [7, 11) is 0. The van der Waals surface area contributed by atoms with Crippen molar-refractivity contribution in [3.63, 3.8) is 0 Å². The Morgan fingerprint density at radius 2 is 2.04 bits per heavy atom. The molecule has 3 rings (SSSR count). The van der Waals surface area contributed by atoms with Crippen LogP contribution in [0.2, 0.25) is 5.02 Å². The highest BCUT2D eigenvalue weighted by Crippen LogP contribution is 2.35. The molecule has 1 heterocycles. The predicted octanol–water partition coefficient (Wildman–Crippen LogP) is 2.67. The van der Waals surface area contributed by atoms with Gasteiger partial charge in [-0.1, -0.05) is 30.5 Å². The molecular formula is C16H17ClFN3O3. The molecule has 1 saturated carbocycles. The fourth-order valence-corrected chi connectivity index (χ4v) is 3.40. The Kier molecular flexibility index (Phi) is 4.45. The van der Waals surface area contributed by atoms with Crippen LogP contribution < -0.4 is 10.6 Å². The molecule has 1 aliphatic heterocycles. The summed E-state index contributed by atoms with van der Waals surface area (Å²) >= 11 is 5.65. The summed E-state index contributed by atoms with van der Waals surface area (Å²) in [4.78, 5) is 37.5. The van der Waals surface area contributed by atoms with E-state index in [2.05, 4.69) is 10.6 Å². The third-order valence-electron chi connectivity index (χ3n) is 4.49. The number of imide groups is 1. The van der Waals surface area contributed by atoms with Crippen LogP contribution in [0, 0.1) is 5.82 Å². The van der Waals surface area contributed by atoms with E-state index in [-0.39, 0.29) is 29.6 Å². The van der Waals surface area contributed by atoms with Crippen molar-refractivity contribution in [2.75, 3.05) is 11.9 Å². The first-order valence-electron chi connectivity index (χ1n) is 7.81. The molecule has 24 heavy (non-hydrogen) atoms.